The molecule has 1 aromatic heterocycles. The van der Waals surface area contributed by atoms with Gasteiger partial charge in [-0.3, -0.25) is 9.59 Å². The fraction of sp³-hybridized carbons (Fsp3) is 0.643. The third-order valence-corrected chi connectivity index (χ3v) is 3.53. The lowest BCUT2D eigenvalue weighted by Gasteiger charge is -2.24. The summed E-state index contributed by atoms with van der Waals surface area (Å²) >= 11 is 0. The van der Waals surface area contributed by atoms with E-state index in [9.17, 15) is 9.59 Å². The average molecular weight is 279 g/mol. The van der Waals surface area contributed by atoms with Crippen molar-refractivity contribution in [1.82, 2.24) is 14.9 Å². The Kier molecular flexibility index (Phi) is 4.54. The minimum absolute atomic E-state index is 0.0601. The zero-order valence-electron chi connectivity index (χ0n) is 12.2. The first-order valence-electron chi connectivity index (χ1n) is 6.92. The van der Waals surface area contributed by atoms with E-state index in [-0.39, 0.29) is 30.0 Å². The Hall–Kier alpha value is -1.69. The zero-order chi connectivity index (χ0) is 14.7. The second kappa shape index (κ2) is 6.17. The van der Waals surface area contributed by atoms with Gasteiger partial charge in [0.2, 0.25) is 5.91 Å². The van der Waals surface area contributed by atoms with Crippen molar-refractivity contribution in [3.63, 3.8) is 0 Å². The van der Waals surface area contributed by atoms with Crippen LogP contribution in [0.4, 0.5) is 0 Å². The van der Waals surface area contributed by atoms with Crippen LogP contribution < -0.4 is 5.56 Å². The number of carbonyl (C=O) groups is 1. The van der Waals surface area contributed by atoms with Gasteiger partial charge >= 0.3 is 0 Å². The Morgan fingerprint density at radius 3 is 3.00 bits per heavy atom. The van der Waals surface area contributed by atoms with E-state index < -0.39 is 0 Å². The maximum Gasteiger partial charge on any atom is 0.251 e. The van der Waals surface area contributed by atoms with Gasteiger partial charge in [-0.2, -0.15) is 0 Å². The van der Waals surface area contributed by atoms with Gasteiger partial charge in [0.05, 0.1) is 11.7 Å². The van der Waals surface area contributed by atoms with Crippen LogP contribution in [0.1, 0.15) is 50.2 Å². The third-order valence-electron chi connectivity index (χ3n) is 3.53. The molecule has 20 heavy (non-hydrogen) atoms. The largest absolute Gasteiger partial charge is 0.375 e. The van der Waals surface area contributed by atoms with Crippen LogP contribution in [-0.4, -0.2) is 41.0 Å². The second-order valence-corrected chi connectivity index (χ2v) is 5.39. The molecule has 1 amide bonds. The van der Waals surface area contributed by atoms with Crippen molar-refractivity contribution < 1.29 is 9.53 Å². The summed E-state index contributed by atoms with van der Waals surface area (Å²) < 4.78 is 4.90. The topological polar surface area (TPSA) is 75.3 Å². The number of carbonyl (C=O) groups excluding carboxylic acids is 1. The van der Waals surface area contributed by atoms with Crippen molar-refractivity contribution in [3.05, 3.63) is 27.9 Å². The van der Waals surface area contributed by atoms with Crippen LogP contribution in [0.15, 0.2) is 10.9 Å². The molecule has 1 aromatic rings. The molecule has 0 saturated carbocycles. The van der Waals surface area contributed by atoms with Crippen LogP contribution in [0.25, 0.3) is 0 Å². The van der Waals surface area contributed by atoms with Crippen LogP contribution in [-0.2, 0) is 9.53 Å². The molecule has 1 atom stereocenters. The number of nitrogens with zero attached hydrogens (tertiary/aromatic N) is 2. The first-order chi connectivity index (χ1) is 9.52. The molecular formula is C14H21N3O3. The van der Waals surface area contributed by atoms with Crippen molar-refractivity contribution in [2.45, 2.75) is 38.6 Å². The summed E-state index contributed by atoms with van der Waals surface area (Å²) in [6, 6.07) is 1.37. The van der Waals surface area contributed by atoms with Gasteiger partial charge in [-0.05, 0) is 18.8 Å². The number of methoxy groups -OCH3 is 1. The molecule has 1 aliphatic heterocycles. The van der Waals surface area contributed by atoms with Gasteiger partial charge in [-0.25, -0.2) is 4.98 Å². The van der Waals surface area contributed by atoms with Crippen molar-refractivity contribution >= 4 is 5.91 Å². The molecule has 1 aliphatic rings. The summed E-state index contributed by atoms with van der Waals surface area (Å²) in [5.74, 6) is 0.705. The number of aromatic amines is 1. The molecule has 6 heteroatoms. The molecule has 1 N–H and O–H groups in total. The number of aromatic nitrogens is 2. The van der Waals surface area contributed by atoms with Crippen molar-refractivity contribution in [3.8, 4) is 0 Å². The van der Waals surface area contributed by atoms with E-state index in [0.717, 1.165) is 18.5 Å². The molecule has 1 saturated heterocycles. The Morgan fingerprint density at radius 2 is 2.35 bits per heavy atom. The molecule has 0 aromatic carbocycles. The first-order valence-corrected chi connectivity index (χ1v) is 6.92. The molecule has 6 nitrogen and oxygen atoms in total. The Bertz CT molecular complexity index is 539. The molecule has 0 radical (unpaired) electrons. The van der Waals surface area contributed by atoms with Gasteiger partial charge < -0.3 is 14.6 Å². The SMILES string of the molecule is COCC(=O)N1CCC[C@H]1c1nc(C(C)C)cc(=O)[nH]1. The van der Waals surface area contributed by atoms with E-state index in [1.54, 1.807) is 4.90 Å². The molecule has 2 rings (SSSR count). The van der Waals surface area contributed by atoms with E-state index in [1.807, 2.05) is 13.8 Å². The fourth-order valence-electron chi connectivity index (χ4n) is 2.51. The third kappa shape index (κ3) is 3.07. The molecule has 1 fully saturated rings. The van der Waals surface area contributed by atoms with Crippen LogP contribution in [0.2, 0.25) is 0 Å². The summed E-state index contributed by atoms with van der Waals surface area (Å²) in [5.41, 5.74) is 0.597. The first kappa shape index (κ1) is 14.7. The summed E-state index contributed by atoms with van der Waals surface area (Å²) in [5, 5.41) is 0. The molecule has 0 aliphatic carbocycles. The predicted molar refractivity (Wildman–Crippen MR) is 74.5 cm³/mol. The normalized spacial score (nSPS) is 18.8. The lowest BCUT2D eigenvalue weighted by atomic mass is 10.1. The Morgan fingerprint density at radius 1 is 1.60 bits per heavy atom. The van der Waals surface area contributed by atoms with Crippen LogP contribution in [0, 0.1) is 0 Å². The van der Waals surface area contributed by atoms with Gasteiger partial charge in [0.25, 0.3) is 5.56 Å². The summed E-state index contributed by atoms with van der Waals surface area (Å²) in [6.45, 7) is 4.73. The van der Waals surface area contributed by atoms with Crippen molar-refractivity contribution in [2.75, 3.05) is 20.3 Å². The molecule has 2 heterocycles. The molecular weight excluding hydrogens is 258 g/mol. The van der Waals surface area contributed by atoms with Crippen LogP contribution in [0.5, 0.6) is 0 Å². The van der Waals surface area contributed by atoms with E-state index in [0.29, 0.717) is 12.4 Å². The number of hydrogen-bond donors (Lipinski definition) is 1. The second-order valence-electron chi connectivity index (χ2n) is 5.39. The highest BCUT2D eigenvalue weighted by Crippen LogP contribution is 2.29. The highest BCUT2D eigenvalue weighted by molar-refractivity contribution is 5.78. The van der Waals surface area contributed by atoms with E-state index in [2.05, 4.69) is 9.97 Å². The maximum absolute atomic E-state index is 12.0. The predicted octanol–water partition coefficient (Wildman–Crippen LogP) is 1.20. The molecule has 0 unspecified atom stereocenters. The number of hydrogen-bond acceptors (Lipinski definition) is 4. The van der Waals surface area contributed by atoms with Crippen molar-refractivity contribution in [2.24, 2.45) is 0 Å². The summed E-state index contributed by atoms with van der Waals surface area (Å²) in [7, 11) is 1.50. The van der Waals surface area contributed by atoms with Gasteiger partial charge in [0.15, 0.2) is 0 Å². The quantitative estimate of drug-likeness (QED) is 0.898. The molecule has 0 spiro atoms. The maximum atomic E-state index is 12.0. The van der Waals surface area contributed by atoms with Crippen molar-refractivity contribution in [1.29, 1.82) is 0 Å². The standard InChI is InChI=1S/C14H21N3O3/c1-9(2)10-7-12(18)16-14(15-10)11-5-4-6-17(11)13(19)8-20-3/h7,9,11H,4-6,8H2,1-3H3,(H,15,16,18)/t11-/m0/s1. The number of rotatable bonds is 4. The van der Waals surface area contributed by atoms with Gasteiger partial charge in [-0.15, -0.1) is 0 Å². The van der Waals surface area contributed by atoms with Gasteiger partial charge in [-0.1, -0.05) is 13.8 Å². The lowest BCUT2D eigenvalue weighted by molar-refractivity contribution is -0.136. The Labute approximate surface area is 118 Å². The minimum Gasteiger partial charge on any atom is -0.375 e. The summed E-state index contributed by atoms with van der Waals surface area (Å²) in [4.78, 5) is 32.8. The smallest absolute Gasteiger partial charge is 0.251 e. The Balaban J connectivity index is 2.30. The fourth-order valence-corrected chi connectivity index (χ4v) is 2.51. The van der Waals surface area contributed by atoms with E-state index in [4.69, 9.17) is 4.74 Å². The van der Waals surface area contributed by atoms with Crippen LogP contribution >= 0.6 is 0 Å². The number of amides is 1. The number of nitrogens with one attached hydrogen (secondary N) is 1. The number of H-pyrrole nitrogens is 1. The molecule has 110 valence electrons. The highest BCUT2D eigenvalue weighted by atomic mass is 16.5. The average Bonchev–Trinajstić information content (AvgIpc) is 2.87. The van der Waals surface area contributed by atoms with Crippen LogP contribution in [0.3, 0.4) is 0 Å². The minimum atomic E-state index is -0.162. The van der Waals surface area contributed by atoms with Gasteiger partial charge in [0, 0.05) is 19.7 Å². The highest BCUT2D eigenvalue weighted by Gasteiger charge is 2.31. The van der Waals surface area contributed by atoms with Gasteiger partial charge in [0.1, 0.15) is 12.4 Å². The lowest BCUT2D eigenvalue weighted by Crippen LogP contribution is -2.35. The van der Waals surface area contributed by atoms with E-state index in [1.165, 1.54) is 13.2 Å². The number of ether oxygens (including phenoxy) is 1. The monoisotopic (exact) mass is 279 g/mol. The molecule has 0 bridgehead atoms. The summed E-state index contributed by atoms with van der Waals surface area (Å²) in [6.07, 6.45) is 1.73. The number of likely N-dealkylation sites (tertiary alicyclic amines) is 1. The van der Waals surface area contributed by atoms with E-state index >= 15 is 0 Å². The zero-order valence-corrected chi connectivity index (χ0v) is 12.2.